The number of alkyl halides is 3. The first kappa shape index (κ1) is 13.5. The Hall–Kier alpha value is -1.54. The molecule has 1 aromatic carbocycles. The normalized spacial score (nSPS) is 13.1. The molecule has 0 heterocycles. The molecule has 0 radical (unpaired) electrons. The van der Waals surface area contributed by atoms with E-state index in [1.54, 1.807) is 31.2 Å². The minimum Gasteiger partial charge on any atom is -0.310 e. The van der Waals surface area contributed by atoms with Crippen molar-refractivity contribution in [3.05, 3.63) is 35.4 Å². The highest BCUT2D eigenvalue weighted by molar-refractivity contribution is 5.33. The van der Waals surface area contributed by atoms with Gasteiger partial charge in [-0.2, -0.15) is 18.4 Å². The summed E-state index contributed by atoms with van der Waals surface area (Å²) in [6.45, 7) is 1.65. The first-order valence-corrected chi connectivity index (χ1v) is 5.22. The van der Waals surface area contributed by atoms with E-state index in [0.717, 1.165) is 5.56 Å². The van der Waals surface area contributed by atoms with Crippen molar-refractivity contribution in [2.45, 2.75) is 25.6 Å². The largest absolute Gasteiger partial charge is 0.390 e. The number of rotatable bonds is 4. The molecule has 1 unspecified atom stereocenters. The SMILES string of the molecule is CC(NCCC(F)(F)F)c1cccc(C#N)c1. The van der Waals surface area contributed by atoms with Gasteiger partial charge < -0.3 is 5.32 Å². The lowest BCUT2D eigenvalue weighted by Crippen LogP contribution is -2.24. The number of nitriles is 1. The van der Waals surface area contributed by atoms with E-state index in [-0.39, 0.29) is 12.6 Å². The van der Waals surface area contributed by atoms with Crippen molar-refractivity contribution in [2.24, 2.45) is 0 Å². The molecule has 92 valence electrons. The Morgan fingerprint density at radius 2 is 2.12 bits per heavy atom. The Labute approximate surface area is 98.1 Å². The minimum atomic E-state index is -4.14. The van der Waals surface area contributed by atoms with Crippen LogP contribution in [0.1, 0.15) is 30.5 Å². The molecule has 5 heteroatoms. The Morgan fingerprint density at radius 3 is 2.71 bits per heavy atom. The van der Waals surface area contributed by atoms with E-state index in [9.17, 15) is 13.2 Å². The molecule has 1 atom stereocenters. The molecule has 0 saturated carbocycles. The molecule has 0 aromatic heterocycles. The van der Waals surface area contributed by atoms with Crippen LogP contribution < -0.4 is 5.32 Å². The van der Waals surface area contributed by atoms with Gasteiger partial charge in [0.1, 0.15) is 0 Å². The lowest BCUT2D eigenvalue weighted by atomic mass is 10.1. The summed E-state index contributed by atoms with van der Waals surface area (Å²) in [5.41, 5.74) is 1.32. The van der Waals surface area contributed by atoms with E-state index in [4.69, 9.17) is 5.26 Å². The number of benzene rings is 1. The minimum absolute atomic E-state index is 0.124. The first-order valence-electron chi connectivity index (χ1n) is 5.22. The van der Waals surface area contributed by atoms with E-state index in [1.165, 1.54) is 0 Å². The zero-order valence-corrected chi connectivity index (χ0v) is 9.38. The summed E-state index contributed by atoms with van der Waals surface area (Å²) < 4.78 is 35.8. The molecular formula is C12H13F3N2. The van der Waals surface area contributed by atoms with Gasteiger partial charge in [0.2, 0.25) is 0 Å². The average Bonchev–Trinajstić information content (AvgIpc) is 2.27. The van der Waals surface area contributed by atoms with Gasteiger partial charge in [-0.05, 0) is 24.6 Å². The van der Waals surface area contributed by atoms with Gasteiger partial charge in [0.05, 0.1) is 18.1 Å². The Morgan fingerprint density at radius 1 is 1.41 bits per heavy atom. The number of hydrogen-bond acceptors (Lipinski definition) is 2. The molecule has 17 heavy (non-hydrogen) atoms. The third-order valence-corrected chi connectivity index (χ3v) is 2.37. The van der Waals surface area contributed by atoms with Crippen molar-refractivity contribution in [3.8, 4) is 6.07 Å². The average molecular weight is 242 g/mol. The number of hydrogen-bond donors (Lipinski definition) is 1. The van der Waals surface area contributed by atoms with Crippen molar-refractivity contribution >= 4 is 0 Å². The van der Waals surface area contributed by atoms with Gasteiger partial charge in [0, 0.05) is 12.6 Å². The second-order valence-corrected chi connectivity index (χ2v) is 3.78. The predicted octanol–water partition coefficient (Wildman–Crippen LogP) is 3.16. The fourth-order valence-corrected chi connectivity index (χ4v) is 1.43. The first-order chi connectivity index (χ1) is 7.92. The van der Waals surface area contributed by atoms with Crippen LogP contribution in [0.3, 0.4) is 0 Å². The molecule has 0 saturated heterocycles. The Bertz CT molecular complexity index is 407. The van der Waals surface area contributed by atoms with Crippen molar-refractivity contribution in [3.63, 3.8) is 0 Å². The quantitative estimate of drug-likeness (QED) is 0.880. The molecule has 1 aromatic rings. The lowest BCUT2D eigenvalue weighted by Gasteiger charge is -2.15. The molecule has 2 nitrogen and oxygen atoms in total. The highest BCUT2D eigenvalue weighted by Crippen LogP contribution is 2.19. The molecule has 0 aliphatic carbocycles. The number of nitrogens with one attached hydrogen (secondary N) is 1. The van der Waals surface area contributed by atoms with Crippen molar-refractivity contribution < 1.29 is 13.2 Å². The summed E-state index contributed by atoms with van der Waals surface area (Å²) in [5.74, 6) is 0. The van der Waals surface area contributed by atoms with Crippen molar-refractivity contribution in [1.82, 2.24) is 5.32 Å². The van der Waals surface area contributed by atoms with Crippen LogP contribution in [0, 0.1) is 11.3 Å². The van der Waals surface area contributed by atoms with Gasteiger partial charge in [-0.25, -0.2) is 0 Å². The maximum absolute atomic E-state index is 11.9. The second-order valence-electron chi connectivity index (χ2n) is 3.78. The van der Waals surface area contributed by atoms with Crippen molar-refractivity contribution in [1.29, 1.82) is 5.26 Å². The lowest BCUT2D eigenvalue weighted by molar-refractivity contribution is -0.133. The number of nitrogens with zero attached hydrogens (tertiary/aromatic N) is 1. The van der Waals surface area contributed by atoms with E-state index >= 15 is 0 Å². The zero-order chi connectivity index (χ0) is 12.9. The van der Waals surface area contributed by atoms with Crippen LogP contribution in [0.2, 0.25) is 0 Å². The van der Waals surface area contributed by atoms with E-state index in [0.29, 0.717) is 5.56 Å². The van der Waals surface area contributed by atoms with Crippen LogP contribution in [-0.2, 0) is 0 Å². The topological polar surface area (TPSA) is 35.8 Å². The summed E-state index contributed by atoms with van der Waals surface area (Å²) >= 11 is 0. The number of halogens is 3. The van der Waals surface area contributed by atoms with Crippen LogP contribution in [0.5, 0.6) is 0 Å². The predicted molar refractivity (Wildman–Crippen MR) is 58.2 cm³/mol. The monoisotopic (exact) mass is 242 g/mol. The highest BCUT2D eigenvalue weighted by atomic mass is 19.4. The summed E-state index contributed by atoms with van der Waals surface area (Å²) in [6, 6.07) is 8.62. The Kier molecular flexibility index (Phi) is 4.53. The molecule has 0 fully saturated rings. The molecule has 0 amide bonds. The molecule has 0 aliphatic rings. The zero-order valence-electron chi connectivity index (χ0n) is 9.38. The molecular weight excluding hydrogens is 229 g/mol. The second kappa shape index (κ2) is 5.69. The summed E-state index contributed by atoms with van der Waals surface area (Å²) in [5, 5.41) is 11.5. The smallest absolute Gasteiger partial charge is 0.310 e. The standard InChI is InChI=1S/C12H13F3N2/c1-9(17-6-5-12(13,14)15)11-4-2-3-10(7-11)8-16/h2-4,7,9,17H,5-6H2,1H3. The maximum Gasteiger partial charge on any atom is 0.390 e. The van der Waals surface area contributed by atoms with Crippen LogP contribution >= 0.6 is 0 Å². The maximum atomic E-state index is 11.9. The van der Waals surface area contributed by atoms with E-state index in [1.807, 2.05) is 6.07 Å². The third kappa shape index (κ3) is 4.87. The molecule has 0 spiro atoms. The molecule has 1 N–H and O–H groups in total. The van der Waals surface area contributed by atoms with E-state index in [2.05, 4.69) is 5.32 Å². The van der Waals surface area contributed by atoms with Gasteiger partial charge in [-0.3, -0.25) is 0 Å². The fourth-order valence-electron chi connectivity index (χ4n) is 1.43. The van der Waals surface area contributed by atoms with Crippen LogP contribution in [0.4, 0.5) is 13.2 Å². The van der Waals surface area contributed by atoms with Crippen LogP contribution in [0.25, 0.3) is 0 Å². The third-order valence-electron chi connectivity index (χ3n) is 2.37. The molecule has 0 bridgehead atoms. The Balaban J connectivity index is 2.52. The summed E-state index contributed by atoms with van der Waals surface area (Å²) in [4.78, 5) is 0. The summed E-state index contributed by atoms with van der Waals surface area (Å²) in [6.07, 6.45) is -4.99. The highest BCUT2D eigenvalue weighted by Gasteiger charge is 2.26. The fraction of sp³-hybridized carbons (Fsp3) is 0.417. The van der Waals surface area contributed by atoms with E-state index < -0.39 is 12.6 Å². The van der Waals surface area contributed by atoms with Gasteiger partial charge in [0.25, 0.3) is 0 Å². The molecule has 0 aliphatic heterocycles. The van der Waals surface area contributed by atoms with Crippen LogP contribution in [-0.4, -0.2) is 12.7 Å². The summed E-state index contributed by atoms with van der Waals surface area (Å²) in [7, 11) is 0. The molecule has 1 rings (SSSR count). The van der Waals surface area contributed by atoms with Crippen molar-refractivity contribution in [2.75, 3.05) is 6.54 Å². The van der Waals surface area contributed by atoms with Gasteiger partial charge in [0.15, 0.2) is 0 Å². The van der Waals surface area contributed by atoms with Gasteiger partial charge >= 0.3 is 6.18 Å². The van der Waals surface area contributed by atoms with Crippen LogP contribution in [0.15, 0.2) is 24.3 Å². The van der Waals surface area contributed by atoms with Gasteiger partial charge in [-0.1, -0.05) is 12.1 Å². The van der Waals surface area contributed by atoms with Gasteiger partial charge in [-0.15, -0.1) is 0 Å².